The molecule has 0 aliphatic carbocycles. The summed E-state index contributed by atoms with van der Waals surface area (Å²) in [6, 6.07) is 23.3. The van der Waals surface area contributed by atoms with Crippen LogP contribution in [0.3, 0.4) is 0 Å². The van der Waals surface area contributed by atoms with E-state index in [1.54, 1.807) is 0 Å². The van der Waals surface area contributed by atoms with Crippen LogP contribution in [0, 0.1) is 0 Å². The summed E-state index contributed by atoms with van der Waals surface area (Å²) in [4.78, 5) is 18.1. The maximum Gasteiger partial charge on any atom is 0.182 e. The molecule has 0 saturated carbocycles. The minimum Gasteiger partial charge on any atom is -0.412 e. The highest BCUT2D eigenvalue weighted by atomic mass is 32.1. The Labute approximate surface area is 334 Å². The minimum absolute atomic E-state index is 0. The predicted molar refractivity (Wildman–Crippen MR) is 226 cm³/mol. The van der Waals surface area contributed by atoms with Crippen LogP contribution in [0.2, 0.25) is 0 Å². The van der Waals surface area contributed by atoms with Gasteiger partial charge in [0.1, 0.15) is 11.0 Å². The summed E-state index contributed by atoms with van der Waals surface area (Å²) in [5.41, 5.74) is 11.2. The molecule has 4 aromatic heterocycles. The lowest BCUT2D eigenvalue weighted by molar-refractivity contribution is 0.122. The third kappa shape index (κ3) is 11.0. The Hall–Kier alpha value is -5.06. The van der Waals surface area contributed by atoms with Gasteiger partial charge in [-0.05, 0) is 122 Å². The maximum atomic E-state index is 5.76. The van der Waals surface area contributed by atoms with Gasteiger partial charge in [0, 0.05) is 72.9 Å². The molecule has 55 heavy (non-hydrogen) atoms. The number of nitrogen functional groups attached to an aromatic ring is 1. The number of ether oxygens (including phenoxy) is 3. The number of nitrogens with two attached hydrogens (primary N) is 1. The third-order valence-corrected chi connectivity index (χ3v) is 8.75. The van der Waals surface area contributed by atoms with Crippen LogP contribution in [0.25, 0.3) is 33.8 Å². The molecule has 7 heterocycles. The number of aliphatic imine (C=N–C) groups is 1. The van der Waals surface area contributed by atoms with Crippen molar-refractivity contribution in [3.63, 3.8) is 0 Å². The first-order valence-electron chi connectivity index (χ1n) is 17.6. The minimum atomic E-state index is 0. The Kier molecular flexibility index (Phi) is 15.8. The summed E-state index contributed by atoms with van der Waals surface area (Å²) >= 11 is 12.5. The summed E-state index contributed by atoms with van der Waals surface area (Å²) in [6.07, 6.45) is 6.44. The van der Waals surface area contributed by atoms with Crippen LogP contribution in [0.15, 0.2) is 90.2 Å². The van der Waals surface area contributed by atoms with Gasteiger partial charge in [-0.2, -0.15) is 4.99 Å². The van der Waals surface area contributed by atoms with Crippen molar-refractivity contribution in [1.82, 2.24) is 29.2 Å². The van der Waals surface area contributed by atoms with Crippen LogP contribution >= 0.6 is 36.7 Å². The first kappa shape index (κ1) is 41.1. The molecule has 0 radical (unpaired) electrons. The van der Waals surface area contributed by atoms with Gasteiger partial charge in [-0.3, -0.25) is 0 Å². The Morgan fingerprint density at radius 1 is 0.600 bits per heavy atom. The smallest absolute Gasteiger partial charge is 0.182 e. The summed E-state index contributed by atoms with van der Waals surface area (Å²) in [6.45, 7) is 8.26. The number of benzene rings is 2. The lowest BCUT2D eigenvalue weighted by Crippen LogP contribution is -2.37. The molecule has 0 amide bonds. The molecule has 6 aromatic rings. The average molecular weight is 799 g/mol. The number of hydrogen-bond acceptors (Lipinski definition) is 14. The molecule has 3 aliphatic heterocycles. The molecule has 3 fully saturated rings. The number of morpholine rings is 2. The van der Waals surface area contributed by atoms with Crippen LogP contribution in [-0.2, 0) is 14.2 Å². The van der Waals surface area contributed by atoms with Gasteiger partial charge in [0.2, 0.25) is 0 Å². The van der Waals surface area contributed by atoms with Crippen molar-refractivity contribution >= 4 is 80.2 Å². The highest BCUT2D eigenvalue weighted by molar-refractivity contribution is 7.93. The van der Waals surface area contributed by atoms with Crippen molar-refractivity contribution in [1.29, 1.82) is 0 Å². The number of thiocarbonyl (C=S) groups is 3. The maximum absolute atomic E-state index is 5.76. The summed E-state index contributed by atoms with van der Waals surface area (Å²) in [7, 11) is 0. The molecule has 0 unspecified atom stereocenters. The average Bonchev–Trinajstić information content (AvgIpc) is 4.04. The number of isothiocyanates is 1. The van der Waals surface area contributed by atoms with E-state index in [-0.39, 0.29) is 5.48 Å². The van der Waals surface area contributed by atoms with Gasteiger partial charge in [0.25, 0.3) is 0 Å². The van der Waals surface area contributed by atoms with E-state index in [4.69, 9.17) is 29.9 Å². The van der Waals surface area contributed by atoms with Crippen molar-refractivity contribution in [2.45, 2.75) is 12.8 Å². The number of anilines is 3. The summed E-state index contributed by atoms with van der Waals surface area (Å²) in [5.74, 6) is 3.27. The van der Waals surface area contributed by atoms with Crippen LogP contribution in [-0.4, -0.2) is 110 Å². The molecule has 14 nitrogen and oxygen atoms in total. The van der Waals surface area contributed by atoms with Gasteiger partial charge in [0.15, 0.2) is 23.3 Å². The van der Waals surface area contributed by atoms with Gasteiger partial charge < -0.3 is 35.2 Å². The number of nitrogens with zero attached hydrogens (tertiary/aromatic N) is 9. The topological polar surface area (TPSA) is 164 Å². The van der Waals surface area contributed by atoms with E-state index in [0.29, 0.717) is 11.6 Å². The summed E-state index contributed by atoms with van der Waals surface area (Å²) < 4.78 is 21.5. The molecule has 3 aliphatic rings. The fraction of sp³-hybridized carbons (Fsp3) is 0.316. The fourth-order valence-corrected chi connectivity index (χ4v) is 6.08. The van der Waals surface area contributed by atoms with E-state index in [1.807, 2.05) is 98.5 Å². The molecule has 4 N–H and O–H groups in total. The Balaban J connectivity index is 0.000000174. The second-order valence-corrected chi connectivity index (χ2v) is 13.0. The summed E-state index contributed by atoms with van der Waals surface area (Å²) in [5, 5.41) is 11.6. The van der Waals surface area contributed by atoms with Crippen molar-refractivity contribution in [2.24, 2.45) is 4.99 Å². The first-order valence-corrected chi connectivity index (χ1v) is 18.8. The molecule has 0 spiro atoms. The second-order valence-electron chi connectivity index (χ2n) is 12.2. The second kappa shape index (κ2) is 21.1. The van der Waals surface area contributed by atoms with E-state index >= 15 is 0 Å². The van der Waals surface area contributed by atoms with E-state index in [9.17, 15) is 0 Å². The van der Waals surface area contributed by atoms with Crippen LogP contribution in [0.1, 0.15) is 12.8 Å². The van der Waals surface area contributed by atoms with Crippen LogP contribution < -0.4 is 15.5 Å². The lowest BCUT2D eigenvalue weighted by Gasteiger charge is -2.28. The molecule has 17 heteroatoms. The van der Waals surface area contributed by atoms with Gasteiger partial charge in [-0.25, -0.2) is 19.0 Å². The molecule has 0 atom stereocenters. The van der Waals surface area contributed by atoms with E-state index in [2.05, 4.69) is 66.8 Å². The molecule has 2 aromatic carbocycles. The highest BCUT2D eigenvalue weighted by Gasteiger charge is 2.19. The highest BCUT2D eigenvalue weighted by Crippen LogP contribution is 2.27. The Bertz CT molecular complexity index is 2180. The zero-order valence-electron chi connectivity index (χ0n) is 30.1. The third-order valence-electron chi connectivity index (χ3n) is 8.66. The quantitative estimate of drug-likeness (QED) is 0.127. The molecule has 0 bridgehead atoms. The molecule has 286 valence electrons. The Morgan fingerprint density at radius 2 is 1.02 bits per heavy atom. The lowest BCUT2D eigenvalue weighted by atomic mass is 10.2. The SMILES string of the molecule is C1CCOC1.Nc1ccc(-c2nc(N3CCOCC3)c3cccn3n2)cc1.O.S=C=Nc1ccc(-c2nc(N3CCOCC3)c3cccn3n2)cc1.S=C=S. The van der Waals surface area contributed by atoms with Gasteiger partial charge in [0.05, 0.1) is 37.3 Å². The fourth-order valence-electron chi connectivity index (χ4n) is 5.98. The standard InChI is InChI=1S/C17H15N5OS.C16H17N5O.C4H8O.CS2.H2O/c24-12-18-14-5-3-13(4-6-14)16-19-17(21-8-10-23-11-9-21)15-2-1-7-22(15)20-16;17-13-5-3-12(4-6-13)15-18-16(20-8-10-22-11-9-20)14-2-1-7-21(14)19-15;1-2-4-5-3-1;2-1-3;/h1-7H,8-11H2;1-7H,8-11,17H2;1-4H2;;1H2. The van der Waals surface area contributed by atoms with Crippen LogP contribution in [0.4, 0.5) is 23.0 Å². The van der Waals surface area contributed by atoms with Crippen molar-refractivity contribution in [3.8, 4) is 22.8 Å². The van der Waals surface area contributed by atoms with Gasteiger partial charge in [-0.15, -0.1) is 10.2 Å². The van der Waals surface area contributed by atoms with Gasteiger partial charge >= 0.3 is 0 Å². The van der Waals surface area contributed by atoms with E-state index in [1.165, 1.54) is 12.8 Å². The number of rotatable bonds is 5. The van der Waals surface area contributed by atoms with Gasteiger partial charge in [-0.1, -0.05) is 0 Å². The van der Waals surface area contributed by atoms with E-state index < -0.39 is 0 Å². The molecular weight excluding hydrogens is 757 g/mol. The van der Waals surface area contributed by atoms with Crippen molar-refractivity contribution in [2.75, 3.05) is 81.4 Å². The Morgan fingerprint density at radius 3 is 1.42 bits per heavy atom. The number of aromatic nitrogens is 6. The number of hydrogen-bond donors (Lipinski definition) is 1. The largest absolute Gasteiger partial charge is 0.412 e. The zero-order chi connectivity index (χ0) is 37.5. The normalized spacial score (nSPS) is 14.8. The molecular formula is C38H42N10O4S3. The van der Waals surface area contributed by atoms with Crippen LogP contribution in [0.5, 0.6) is 0 Å². The van der Waals surface area contributed by atoms with E-state index in [0.717, 1.165) is 111 Å². The zero-order valence-corrected chi connectivity index (χ0v) is 32.6. The molecule has 9 rings (SSSR count). The molecule has 3 saturated heterocycles. The van der Waals surface area contributed by atoms with Crippen molar-refractivity contribution in [3.05, 3.63) is 85.2 Å². The first-order chi connectivity index (χ1) is 26.6. The van der Waals surface area contributed by atoms with Crippen molar-refractivity contribution < 1.29 is 19.7 Å². The monoisotopic (exact) mass is 798 g/mol. The number of fused-ring (bicyclic) bond motifs is 2. The predicted octanol–water partition coefficient (Wildman–Crippen LogP) is 5.77.